The van der Waals surface area contributed by atoms with Gasteiger partial charge >= 0.3 is 0 Å². The van der Waals surface area contributed by atoms with Gasteiger partial charge in [-0.3, -0.25) is 19.3 Å². The Hall–Kier alpha value is -3.21. The average Bonchev–Trinajstić information content (AvgIpc) is 3.51. The first kappa shape index (κ1) is 18.6. The van der Waals surface area contributed by atoms with Crippen molar-refractivity contribution in [2.75, 3.05) is 10.2 Å². The van der Waals surface area contributed by atoms with Gasteiger partial charge in [0.2, 0.25) is 11.8 Å². The Balaban J connectivity index is 1.23. The van der Waals surface area contributed by atoms with Crippen LogP contribution < -0.4 is 10.2 Å². The first-order chi connectivity index (χ1) is 14.9. The summed E-state index contributed by atoms with van der Waals surface area (Å²) in [5.41, 5.74) is 3.96. The number of anilines is 2. The fraction of sp³-hybridized carbons (Fsp3) is 0.346. The van der Waals surface area contributed by atoms with Crippen molar-refractivity contribution in [2.45, 2.75) is 20.3 Å². The zero-order valence-electron chi connectivity index (χ0n) is 17.5. The van der Waals surface area contributed by atoms with Gasteiger partial charge in [-0.2, -0.15) is 0 Å². The van der Waals surface area contributed by atoms with Gasteiger partial charge in [-0.15, -0.1) is 0 Å². The molecule has 3 fully saturated rings. The monoisotopic (exact) mass is 412 g/mol. The second-order valence-electron chi connectivity index (χ2n) is 9.54. The molecule has 3 amide bonds. The summed E-state index contributed by atoms with van der Waals surface area (Å²) in [6.45, 7) is 3.98. The van der Waals surface area contributed by atoms with E-state index < -0.39 is 0 Å². The minimum Gasteiger partial charge on any atom is -0.322 e. The summed E-state index contributed by atoms with van der Waals surface area (Å²) in [6, 6.07) is 12.7. The molecule has 0 aromatic heterocycles. The van der Waals surface area contributed by atoms with Crippen LogP contribution >= 0.6 is 0 Å². The Morgan fingerprint density at radius 1 is 0.871 bits per heavy atom. The van der Waals surface area contributed by atoms with Crippen LogP contribution in [0.25, 0.3) is 0 Å². The summed E-state index contributed by atoms with van der Waals surface area (Å²) in [6.07, 6.45) is 5.50. The molecule has 2 bridgehead atoms. The summed E-state index contributed by atoms with van der Waals surface area (Å²) in [7, 11) is 0. The highest BCUT2D eigenvalue weighted by Gasteiger charge is 2.67. The van der Waals surface area contributed by atoms with Crippen molar-refractivity contribution < 1.29 is 14.4 Å². The van der Waals surface area contributed by atoms with E-state index in [0.717, 1.165) is 23.2 Å². The number of carbonyl (C=O) groups is 3. The van der Waals surface area contributed by atoms with E-state index in [2.05, 4.69) is 23.5 Å². The maximum Gasteiger partial charge on any atom is 0.255 e. The van der Waals surface area contributed by atoms with Crippen LogP contribution in [0, 0.1) is 49.4 Å². The van der Waals surface area contributed by atoms with Crippen LogP contribution in [0.4, 0.5) is 11.4 Å². The van der Waals surface area contributed by atoms with E-state index >= 15 is 0 Å². The van der Waals surface area contributed by atoms with Crippen LogP contribution in [0.3, 0.4) is 0 Å². The number of carbonyl (C=O) groups excluding carboxylic acids is 3. The predicted molar refractivity (Wildman–Crippen MR) is 118 cm³/mol. The van der Waals surface area contributed by atoms with Crippen LogP contribution in [0.1, 0.15) is 27.9 Å². The Morgan fingerprint density at radius 2 is 1.42 bits per heavy atom. The second kappa shape index (κ2) is 6.39. The number of benzene rings is 2. The molecule has 0 spiro atoms. The first-order valence-corrected chi connectivity index (χ1v) is 11.0. The third kappa shape index (κ3) is 2.72. The van der Waals surface area contributed by atoms with Gasteiger partial charge in [-0.25, -0.2) is 0 Å². The Labute approximate surface area is 181 Å². The Kier molecular flexibility index (Phi) is 3.83. The number of nitrogens with zero attached hydrogens (tertiary/aromatic N) is 1. The number of imide groups is 1. The molecule has 156 valence electrons. The second-order valence-corrected chi connectivity index (χ2v) is 9.54. The van der Waals surface area contributed by atoms with Gasteiger partial charge in [0.1, 0.15) is 0 Å². The highest BCUT2D eigenvalue weighted by Crippen LogP contribution is 2.65. The van der Waals surface area contributed by atoms with Gasteiger partial charge in [-0.1, -0.05) is 18.2 Å². The van der Waals surface area contributed by atoms with Crippen molar-refractivity contribution in [3.05, 3.63) is 71.3 Å². The molecule has 1 heterocycles. The number of hydrogen-bond acceptors (Lipinski definition) is 3. The van der Waals surface area contributed by atoms with Crippen molar-refractivity contribution in [2.24, 2.45) is 35.5 Å². The van der Waals surface area contributed by atoms with Gasteiger partial charge in [0.25, 0.3) is 5.91 Å². The maximum atomic E-state index is 13.2. The summed E-state index contributed by atoms with van der Waals surface area (Å²) in [5, 5.41) is 2.92. The third-order valence-corrected chi connectivity index (χ3v) is 7.53. The molecule has 5 aliphatic rings. The van der Waals surface area contributed by atoms with Gasteiger partial charge in [-0.05, 0) is 91.5 Å². The molecule has 5 nitrogen and oxygen atoms in total. The van der Waals surface area contributed by atoms with Crippen LogP contribution in [0.15, 0.2) is 54.6 Å². The molecule has 2 aromatic carbocycles. The van der Waals surface area contributed by atoms with Gasteiger partial charge in [0, 0.05) is 11.3 Å². The van der Waals surface area contributed by atoms with E-state index in [9.17, 15) is 14.4 Å². The molecule has 1 aliphatic heterocycles. The number of amides is 3. The molecule has 4 aliphatic carbocycles. The van der Waals surface area contributed by atoms with E-state index in [0.29, 0.717) is 23.1 Å². The standard InChI is InChI=1S/C26H24N2O3/c1-13-9-14(2)11-16(10-13)27-24(29)15-3-5-17(6-4-15)28-25(30)22-18-7-8-19(21-12-20(18)21)23(22)26(28)31/h3-11,18-23H,12H2,1-2H3,(H,27,29)/t18-,19-,20-,21-,22+,23+/m0/s1. The molecule has 6 atom stereocenters. The molecule has 5 heteroatoms. The summed E-state index contributed by atoms with van der Waals surface area (Å²) >= 11 is 0. The van der Waals surface area contributed by atoms with E-state index in [1.54, 1.807) is 24.3 Å². The molecular weight excluding hydrogens is 388 g/mol. The largest absolute Gasteiger partial charge is 0.322 e. The highest BCUT2D eigenvalue weighted by molar-refractivity contribution is 6.22. The number of rotatable bonds is 3. The zero-order valence-corrected chi connectivity index (χ0v) is 17.5. The lowest BCUT2D eigenvalue weighted by atomic mass is 9.63. The van der Waals surface area contributed by atoms with Crippen LogP contribution in [0.5, 0.6) is 0 Å². The van der Waals surface area contributed by atoms with E-state index in [4.69, 9.17) is 0 Å². The fourth-order valence-corrected chi connectivity index (χ4v) is 6.22. The normalized spacial score (nSPS) is 32.1. The predicted octanol–water partition coefficient (Wildman–Crippen LogP) is 4.11. The number of allylic oxidation sites excluding steroid dienone is 2. The van der Waals surface area contributed by atoms with Gasteiger partial charge < -0.3 is 5.32 Å². The summed E-state index contributed by atoms with van der Waals surface area (Å²) in [5.74, 6) is 0.811. The van der Waals surface area contributed by atoms with E-state index in [1.165, 1.54) is 4.90 Å². The minimum absolute atomic E-state index is 0.0767. The Bertz CT molecular complexity index is 1110. The molecule has 7 rings (SSSR count). The van der Waals surface area contributed by atoms with Crippen LogP contribution in [0.2, 0.25) is 0 Å². The number of hydrogen-bond donors (Lipinski definition) is 1. The lowest BCUT2D eigenvalue weighted by Crippen LogP contribution is -2.40. The van der Waals surface area contributed by atoms with Gasteiger partial charge in [0.15, 0.2) is 0 Å². The maximum absolute atomic E-state index is 13.2. The minimum atomic E-state index is -0.216. The van der Waals surface area contributed by atoms with E-state index in [-0.39, 0.29) is 41.4 Å². The van der Waals surface area contributed by atoms with Crippen LogP contribution in [-0.2, 0) is 9.59 Å². The molecule has 2 saturated carbocycles. The fourth-order valence-electron chi connectivity index (χ4n) is 6.22. The highest BCUT2D eigenvalue weighted by atomic mass is 16.2. The molecule has 1 N–H and O–H groups in total. The summed E-state index contributed by atoms with van der Waals surface area (Å²) < 4.78 is 0. The first-order valence-electron chi connectivity index (χ1n) is 11.0. The Morgan fingerprint density at radius 3 is 1.97 bits per heavy atom. The van der Waals surface area contributed by atoms with Gasteiger partial charge in [0.05, 0.1) is 17.5 Å². The lowest BCUT2D eigenvalue weighted by Gasteiger charge is -2.37. The number of aryl methyl sites for hydroxylation is 2. The van der Waals surface area contributed by atoms with Crippen molar-refractivity contribution in [3.63, 3.8) is 0 Å². The average molecular weight is 412 g/mol. The smallest absolute Gasteiger partial charge is 0.255 e. The molecule has 2 aromatic rings. The summed E-state index contributed by atoms with van der Waals surface area (Å²) in [4.78, 5) is 40.5. The molecule has 0 unspecified atom stereocenters. The van der Waals surface area contributed by atoms with Crippen LogP contribution in [-0.4, -0.2) is 17.7 Å². The third-order valence-electron chi connectivity index (χ3n) is 7.53. The number of nitrogens with one attached hydrogen (secondary N) is 1. The SMILES string of the molecule is Cc1cc(C)cc(NC(=O)c2ccc(N3C(=O)[C@@H]4[C@H]5C=C[C@@H]([C@@H]6C[C@@H]56)[C@H]4C3=O)cc2)c1. The van der Waals surface area contributed by atoms with Crippen molar-refractivity contribution in [1.29, 1.82) is 0 Å². The van der Waals surface area contributed by atoms with Crippen molar-refractivity contribution in [1.82, 2.24) is 0 Å². The molecule has 1 saturated heterocycles. The molecule has 0 radical (unpaired) electrons. The quantitative estimate of drug-likeness (QED) is 0.609. The van der Waals surface area contributed by atoms with E-state index in [1.807, 2.05) is 26.0 Å². The molecular formula is C26H24N2O3. The van der Waals surface area contributed by atoms with Crippen molar-refractivity contribution >= 4 is 29.1 Å². The molecule has 31 heavy (non-hydrogen) atoms. The van der Waals surface area contributed by atoms with Crippen molar-refractivity contribution in [3.8, 4) is 0 Å². The zero-order chi connectivity index (χ0) is 21.4. The topological polar surface area (TPSA) is 66.5 Å². The lowest BCUT2D eigenvalue weighted by molar-refractivity contribution is -0.124.